The minimum atomic E-state index is -3.80. The molecule has 1 fully saturated rings. The summed E-state index contributed by atoms with van der Waals surface area (Å²) >= 11 is 5.83. The predicted octanol–water partition coefficient (Wildman–Crippen LogP) is 1.32. The molecule has 1 amide bonds. The highest BCUT2D eigenvalue weighted by atomic mass is 35.5. The van der Waals surface area contributed by atoms with Crippen molar-refractivity contribution >= 4 is 43.2 Å². The molecule has 3 N–H and O–H groups in total. The molecule has 0 spiro atoms. The Morgan fingerprint density at radius 1 is 0.935 bits per heavy atom. The van der Waals surface area contributed by atoms with Crippen LogP contribution in [0, 0.1) is 0 Å². The summed E-state index contributed by atoms with van der Waals surface area (Å²) in [5.41, 5.74) is 0.438. The van der Waals surface area contributed by atoms with Gasteiger partial charge in [-0.25, -0.2) is 22.0 Å². The summed E-state index contributed by atoms with van der Waals surface area (Å²) in [5, 5.41) is 8.26. The maximum Gasteiger partial charge on any atom is 0.243 e. The Labute approximate surface area is 186 Å². The van der Waals surface area contributed by atoms with Gasteiger partial charge in [-0.3, -0.25) is 9.69 Å². The first-order valence-corrected chi connectivity index (χ1v) is 12.8. The highest BCUT2D eigenvalue weighted by Crippen LogP contribution is 2.21. The fraction of sp³-hybridized carbons (Fsp3) is 0.316. The summed E-state index contributed by atoms with van der Waals surface area (Å²) in [4.78, 5) is 14.6. The third kappa shape index (κ3) is 5.62. The maximum atomic E-state index is 12.8. The standard InChI is InChI=1S/C19H23ClN4O5S2/c1-14(19(25)22-16-4-8-17(9-5-16)30(21,26)27)23-10-12-24(13-11-23)31(28,29)18-6-2-15(20)3-7-18/h2-9,14H,10-13H2,1H3,(H,22,25)(H2,21,26,27)/t14-/m1/s1. The topological polar surface area (TPSA) is 130 Å². The van der Waals surface area contributed by atoms with Crippen molar-refractivity contribution in [2.75, 3.05) is 31.5 Å². The largest absolute Gasteiger partial charge is 0.325 e. The third-order valence-corrected chi connectivity index (χ3v) is 8.20. The van der Waals surface area contributed by atoms with E-state index in [1.807, 2.05) is 4.90 Å². The summed E-state index contributed by atoms with van der Waals surface area (Å²) < 4.78 is 49.6. The average molecular weight is 487 g/mol. The van der Waals surface area contributed by atoms with E-state index >= 15 is 0 Å². The van der Waals surface area contributed by atoms with Gasteiger partial charge in [0.25, 0.3) is 0 Å². The first-order valence-electron chi connectivity index (χ1n) is 9.42. The van der Waals surface area contributed by atoms with Crippen molar-refractivity contribution in [2.45, 2.75) is 22.8 Å². The molecule has 0 saturated carbocycles. The van der Waals surface area contributed by atoms with Crippen LogP contribution >= 0.6 is 11.6 Å². The number of carbonyl (C=O) groups excluding carboxylic acids is 1. The SMILES string of the molecule is C[C@H](C(=O)Nc1ccc(S(N)(=O)=O)cc1)N1CCN(S(=O)(=O)c2ccc(Cl)cc2)CC1. The monoisotopic (exact) mass is 486 g/mol. The van der Waals surface area contributed by atoms with Crippen molar-refractivity contribution in [2.24, 2.45) is 5.14 Å². The molecular weight excluding hydrogens is 464 g/mol. The quantitative estimate of drug-likeness (QED) is 0.633. The van der Waals surface area contributed by atoms with Crippen molar-refractivity contribution < 1.29 is 21.6 Å². The Kier molecular flexibility index (Phi) is 7.04. The molecule has 0 radical (unpaired) electrons. The Bertz CT molecular complexity index is 1140. The van der Waals surface area contributed by atoms with E-state index in [4.69, 9.17) is 16.7 Å². The van der Waals surface area contributed by atoms with Gasteiger partial charge in [-0.2, -0.15) is 4.31 Å². The van der Waals surface area contributed by atoms with E-state index in [2.05, 4.69) is 5.32 Å². The van der Waals surface area contributed by atoms with Crippen molar-refractivity contribution in [1.82, 2.24) is 9.21 Å². The molecule has 168 valence electrons. The number of halogens is 1. The number of hydrogen-bond acceptors (Lipinski definition) is 6. The molecule has 0 aliphatic carbocycles. The van der Waals surface area contributed by atoms with Gasteiger partial charge in [0.2, 0.25) is 26.0 Å². The van der Waals surface area contributed by atoms with Gasteiger partial charge >= 0.3 is 0 Å². The zero-order chi connectivity index (χ0) is 22.8. The maximum absolute atomic E-state index is 12.8. The van der Waals surface area contributed by atoms with E-state index < -0.39 is 26.1 Å². The molecule has 1 saturated heterocycles. The molecule has 2 aromatic rings. The van der Waals surface area contributed by atoms with E-state index in [-0.39, 0.29) is 28.8 Å². The average Bonchev–Trinajstić information content (AvgIpc) is 2.73. The highest BCUT2D eigenvalue weighted by Gasteiger charge is 2.31. The molecule has 1 atom stereocenters. The van der Waals surface area contributed by atoms with Crippen molar-refractivity contribution in [3.05, 3.63) is 53.6 Å². The molecule has 1 aliphatic heterocycles. The van der Waals surface area contributed by atoms with Crippen LogP contribution in [0.3, 0.4) is 0 Å². The molecule has 1 heterocycles. The van der Waals surface area contributed by atoms with Crippen LogP contribution in [0.25, 0.3) is 0 Å². The lowest BCUT2D eigenvalue weighted by atomic mass is 10.2. The number of sulfonamides is 2. The summed E-state index contributed by atoms with van der Waals surface area (Å²) in [6.07, 6.45) is 0. The number of nitrogens with zero attached hydrogens (tertiary/aromatic N) is 2. The Balaban J connectivity index is 1.58. The first kappa shape index (κ1) is 23.6. The van der Waals surface area contributed by atoms with Crippen LogP contribution in [-0.4, -0.2) is 64.2 Å². The lowest BCUT2D eigenvalue weighted by molar-refractivity contribution is -0.121. The van der Waals surface area contributed by atoms with Gasteiger partial charge in [-0.15, -0.1) is 0 Å². The summed E-state index contributed by atoms with van der Waals surface area (Å²) in [5.74, 6) is -0.280. The summed E-state index contributed by atoms with van der Waals surface area (Å²) in [6, 6.07) is 11.1. The van der Waals surface area contributed by atoms with Gasteiger partial charge in [-0.05, 0) is 55.5 Å². The summed E-state index contributed by atoms with van der Waals surface area (Å²) in [6.45, 7) is 3.03. The Morgan fingerprint density at radius 2 is 1.45 bits per heavy atom. The van der Waals surface area contributed by atoms with Crippen LogP contribution < -0.4 is 10.5 Å². The second kappa shape index (κ2) is 9.23. The van der Waals surface area contributed by atoms with Crippen molar-refractivity contribution in [3.8, 4) is 0 Å². The number of nitrogens with two attached hydrogens (primary N) is 1. The highest BCUT2D eigenvalue weighted by molar-refractivity contribution is 7.89. The van der Waals surface area contributed by atoms with Gasteiger partial charge in [0.1, 0.15) is 0 Å². The molecular formula is C19H23ClN4O5S2. The first-order chi connectivity index (χ1) is 14.5. The number of benzene rings is 2. The van der Waals surface area contributed by atoms with Crippen molar-refractivity contribution in [1.29, 1.82) is 0 Å². The fourth-order valence-corrected chi connectivity index (χ4v) is 5.29. The number of hydrogen-bond donors (Lipinski definition) is 2. The number of nitrogens with one attached hydrogen (secondary N) is 1. The van der Waals surface area contributed by atoms with E-state index in [0.717, 1.165) is 0 Å². The molecule has 3 rings (SSSR count). The normalized spacial score (nSPS) is 17.3. The smallest absolute Gasteiger partial charge is 0.243 e. The van der Waals surface area contributed by atoms with E-state index in [1.165, 1.54) is 52.8 Å². The lowest BCUT2D eigenvalue weighted by Gasteiger charge is -2.36. The number of amides is 1. The van der Waals surface area contributed by atoms with Crippen LogP contribution in [0.1, 0.15) is 6.92 Å². The summed E-state index contributed by atoms with van der Waals surface area (Å²) in [7, 11) is -7.43. The third-order valence-electron chi connectivity index (χ3n) is 5.10. The molecule has 9 nitrogen and oxygen atoms in total. The molecule has 0 aromatic heterocycles. The molecule has 1 aliphatic rings. The van der Waals surface area contributed by atoms with Crippen LogP contribution in [0.5, 0.6) is 0 Å². The van der Waals surface area contributed by atoms with Crippen LogP contribution in [0.4, 0.5) is 5.69 Å². The van der Waals surface area contributed by atoms with Crippen LogP contribution in [-0.2, 0) is 24.8 Å². The van der Waals surface area contributed by atoms with Crippen molar-refractivity contribution in [3.63, 3.8) is 0 Å². The minimum absolute atomic E-state index is 0.0448. The lowest BCUT2D eigenvalue weighted by Crippen LogP contribution is -2.53. The fourth-order valence-electron chi connectivity index (χ4n) is 3.23. The van der Waals surface area contributed by atoms with E-state index in [1.54, 1.807) is 6.92 Å². The Morgan fingerprint density at radius 3 is 1.97 bits per heavy atom. The van der Waals surface area contributed by atoms with Gasteiger partial charge in [0, 0.05) is 36.9 Å². The predicted molar refractivity (Wildman–Crippen MR) is 118 cm³/mol. The number of piperazine rings is 1. The number of carbonyl (C=O) groups is 1. The van der Waals surface area contributed by atoms with Gasteiger partial charge in [0.05, 0.1) is 15.8 Å². The molecule has 2 aromatic carbocycles. The molecule has 31 heavy (non-hydrogen) atoms. The zero-order valence-electron chi connectivity index (χ0n) is 16.7. The zero-order valence-corrected chi connectivity index (χ0v) is 19.1. The number of primary sulfonamides is 1. The molecule has 0 bridgehead atoms. The van der Waals surface area contributed by atoms with Gasteiger partial charge in [0.15, 0.2) is 0 Å². The van der Waals surface area contributed by atoms with E-state index in [0.29, 0.717) is 23.8 Å². The van der Waals surface area contributed by atoms with Gasteiger partial charge < -0.3 is 5.32 Å². The molecule has 12 heteroatoms. The minimum Gasteiger partial charge on any atom is -0.325 e. The van der Waals surface area contributed by atoms with Crippen LogP contribution in [0.15, 0.2) is 58.3 Å². The number of rotatable bonds is 6. The molecule has 0 unspecified atom stereocenters. The Hall–Kier alpha value is -2.02. The van der Waals surface area contributed by atoms with Crippen LogP contribution in [0.2, 0.25) is 5.02 Å². The van der Waals surface area contributed by atoms with E-state index in [9.17, 15) is 21.6 Å². The second-order valence-corrected chi connectivity index (χ2v) is 11.1. The second-order valence-electron chi connectivity index (χ2n) is 7.13. The number of anilines is 1. The van der Waals surface area contributed by atoms with Gasteiger partial charge in [-0.1, -0.05) is 11.6 Å².